The molecule has 0 saturated heterocycles. The van der Waals surface area contributed by atoms with E-state index < -0.39 is 0 Å². The third-order valence-corrected chi connectivity index (χ3v) is 5.50. The fourth-order valence-electron chi connectivity index (χ4n) is 2.66. The van der Waals surface area contributed by atoms with E-state index in [1.165, 1.54) is 15.9 Å². The van der Waals surface area contributed by atoms with Crippen molar-refractivity contribution in [3.8, 4) is 0 Å². The topological polar surface area (TPSA) is 66.9 Å². The fraction of sp³-hybridized carbons (Fsp3) is 0.278. The smallest absolute Gasteiger partial charge is 0.272 e. The molecule has 0 atom stereocenters. The first-order valence-electron chi connectivity index (χ1n) is 8.26. The van der Waals surface area contributed by atoms with E-state index in [0.29, 0.717) is 40.4 Å². The van der Waals surface area contributed by atoms with Crippen LogP contribution in [0.3, 0.4) is 0 Å². The van der Waals surface area contributed by atoms with E-state index in [-0.39, 0.29) is 11.5 Å². The van der Waals surface area contributed by atoms with E-state index in [2.05, 4.69) is 10.3 Å². The number of amides is 1. The van der Waals surface area contributed by atoms with Gasteiger partial charge in [-0.05, 0) is 54.2 Å². The molecule has 5 nitrogen and oxygen atoms in total. The summed E-state index contributed by atoms with van der Waals surface area (Å²) >= 11 is 12.5. The summed E-state index contributed by atoms with van der Waals surface area (Å²) in [7, 11) is 0. The molecule has 136 valence electrons. The zero-order valence-electron chi connectivity index (χ0n) is 14.0. The number of aromatic amines is 1. The largest absolute Gasteiger partial charge is 0.356 e. The van der Waals surface area contributed by atoms with E-state index >= 15 is 0 Å². The van der Waals surface area contributed by atoms with Gasteiger partial charge in [-0.25, -0.2) is 0 Å². The number of hydrogen-bond acceptors (Lipinski definition) is 4. The normalized spacial score (nSPS) is 11.0. The molecule has 0 aliphatic rings. The predicted octanol–water partition coefficient (Wildman–Crippen LogP) is 3.91. The Bertz CT molecular complexity index is 1020. The number of nitrogens with zero attached hydrogens (tertiary/aromatic N) is 1. The lowest BCUT2D eigenvalue weighted by atomic mass is 10.1. The maximum absolute atomic E-state index is 12.4. The number of thiophene rings is 1. The fourth-order valence-corrected chi connectivity index (χ4v) is 3.86. The molecule has 3 rings (SSSR count). The molecule has 0 aliphatic heterocycles. The van der Waals surface area contributed by atoms with Crippen molar-refractivity contribution in [3.63, 3.8) is 0 Å². The van der Waals surface area contributed by atoms with Crippen molar-refractivity contribution < 1.29 is 4.79 Å². The van der Waals surface area contributed by atoms with E-state index in [9.17, 15) is 9.59 Å². The molecule has 0 bridgehead atoms. The van der Waals surface area contributed by atoms with Gasteiger partial charge in [0.15, 0.2) is 4.77 Å². The standard InChI is InChI=1S/C18H18ClN3O2S2/c19-13-5-3-12(4-6-13)7-9-20-15(23)2-1-10-22-17(24)16-14(8-11-26-16)21-18(22)25/h3-6,8,11H,1-2,7,9-10H2,(H,20,23)(H,21,25). The van der Waals surface area contributed by atoms with Gasteiger partial charge in [-0.2, -0.15) is 0 Å². The van der Waals surface area contributed by atoms with E-state index in [4.69, 9.17) is 23.8 Å². The molecule has 0 fully saturated rings. The summed E-state index contributed by atoms with van der Waals surface area (Å²) in [4.78, 5) is 27.4. The lowest BCUT2D eigenvalue weighted by Gasteiger charge is -2.08. The number of fused-ring (bicyclic) bond motifs is 1. The number of halogens is 1. The predicted molar refractivity (Wildman–Crippen MR) is 109 cm³/mol. The maximum Gasteiger partial charge on any atom is 0.272 e. The molecular weight excluding hydrogens is 390 g/mol. The van der Waals surface area contributed by atoms with Gasteiger partial charge in [0.05, 0.1) is 5.52 Å². The van der Waals surface area contributed by atoms with Gasteiger partial charge >= 0.3 is 0 Å². The summed E-state index contributed by atoms with van der Waals surface area (Å²) in [6.07, 6.45) is 1.66. The van der Waals surface area contributed by atoms with Crippen LogP contribution < -0.4 is 10.9 Å². The van der Waals surface area contributed by atoms with Gasteiger partial charge in [0.25, 0.3) is 5.56 Å². The highest BCUT2D eigenvalue weighted by atomic mass is 35.5. The maximum atomic E-state index is 12.4. The van der Waals surface area contributed by atoms with Crippen molar-refractivity contribution in [1.82, 2.24) is 14.9 Å². The molecule has 2 heterocycles. The van der Waals surface area contributed by atoms with Crippen LogP contribution in [0.4, 0.5) is 0 Å². The van der Waals surface area contributed by atoms with E-state index in [1.807, 2.05) is 35.7 Å². The first-order valence-corrected chi connectivity index (χ1v) is 9.92. The molecule has 1 amide bonds. The summed E-state index contributed by atoms with van der Waals surface area (Å²) in [5.41, 5.74) is 1.79. The molecule has 1 aromatic carbocycles. The molecule has 0 radical (unpaired) electrons. The highest BCUT2D eigenvalue weighted by Gasteiger charge is 2.08. The van der Waals surface area contributed by atoms with Crippen molar-refractivity contribution in [2.45, 2.75) is 25.8 Å². The first kappa shape index (κ1) is 18.8. The Kier molecular flexibility index (Phi) is 6.24. The third-order valence-electron chi connectivity index (χ3n) is 4.03. The Balaban J connectivity index is 1.47. The van der Waals surface area contributed by atoms with Gasteiger partial charge in [-0.15, -0.1) is 11.3 Å². The number of benzene rings is 1. The van der Waals surface area contributed by atoms with Crippen molar-refractivity contribution in [2.75, 3.05) is 6.54 Å². The molecule has 8 heteroatoms. The average Bonchev–Trinajstić information content (AvgIpc) is 3.08. The van der Waals surface area contributed by atoms with Crippen LogP contribution in [-0.4, -0.2) is 22.0 Å². The molecule has 26 heavy (non-hydrogen) atoms. The average molecular weight is 408 g/mol. The van der Waals surface area contributed by atoms with E-state index in [0.717, 1.165) is 17.5 Å². The van der Waals surface area contributed by atoms with Gasteiger partial charge in [0, 0.05) is 24.5 Å². The zero-order chi connectivity index (χ0) is 18.5. The molecule has 0 aliphatic carbocycles. The number of carbonyl (C=O) groups is 1. The number of H-pyrrole nitrogens is 1. The van der Waals surface area contributed by atoms with Crippen LogP contribution in [0, 0.1) is 4.77 Å². The summed E-state index contributed by atoms with van der Waals surface area (Å²) in [5, 5.41) is 5.45. The van der Waals surface area contributed by atoms with Crippen LogP contribution in [0.1, 0.15) is 18.4 Å². The lowest BCUT2D eigenvalue weighted by molar-refractivity contribution is -0.121. The lowest BCUT2D eigenvalue weighted by Crippen LogP contribution is -2.27. The minimum atomic E-state index is -0.0955. The second-order valence-electron chi connectivity index (χ2n) is 5.88. The third kappa shape index (κ3) is 4.60. The highest BCUT2D eigenvalue weighted by Crippen LogP contribution is 2.14. The molecule has 2 N–H and O–H groups in total. The van der Waals surface area contributed by atoms with Gasteiger partial charge in [-0.3, -0.25) is 14.2 Å². The molecule has 2 aromatic heterocycles. The van der Waals surface area contributed by atoms with Gasteiger partial charge in [-0.1, -0.05) is 23.7 Å². The first-order chi connectivity index (χ1) is 12.5. The Morgan fingerprint density at radius 1 is 1.27 bits per heavy atom. The monoisotopic (exact) mass is 407 g/mol. The van der Waals surface area contributed by atoms with Crippen LogP contribution in [0.5, 0.6) is 0 Å². The van der Waals surface area contributed by atoms with Crippen molar-refractivity contribution >= 4 is 51.3 Å². The Labute approximate surface area is 164 Å². The highest BCUT2D eigenvalue weighted by molar-refractivity contribution is 7.71. The Morgan fingerprint density at radius 3 is 2.81 bits per heavy atom. The molecule has 3 aromatic rings. The number of nitrogens with one attached hydrogen (secondary N) is 2. The minimum absolute atomic E-state index is 0.0286. The molecule has 0 saturated carbocycles. The van der Waals surface area contributed by atoms with Crippen molar-refractivity contribution in [2.24, 2.45) is 0 Å². The van der Waals surface area contributed by atoms with Crippen LogP contribution in [0.25, 0.3) is 10.2 Å². The quantitative estimate of drug-likeness (QED) is 0.583. The van der Waals surface area contributed by atoms with Crippen LogP contribution in [0.2, 0.25) is 5.02 Å². The zero-order valence-corrected chi connectivity index (χ0v) is 16.3. The Hall–Kier alpha value is -1.96. The van der Waals surface area contributed by atoms with Crippen LogP contribution in [-0.2, 0) is 17.8 Å². The molecule has 0 spiro atoms. The SMILES string of the molecule is O=C(CCCn1c(=S)[nH]c2ccsc2c1=O)NCCc1ccc(Cl)cc1. The van der Waals surface area contributed by atoms with Crippen LogP contribution in [0.15, 0.2) is 40.5 Å². The second-order valence-corrected chi connectivity index (χ2v) is 7.62. The van der Waals surface area contributed by atoms with Crippen molar-refractivity contribution in [3.05, 3.63) is 61.4 Å². The molecular formula is C18H18ClN3O2S2. The van der Waals surface area contributed by atoms with Gasteiger partial charge in [0.1, 0.15) is 4.70 Å². The summed E-state index contributed by atoms with van der Waals surface area (Å²) in [6, 6.07) is 9.41. The number of aromatic nitrogens is 2. The number of carbonyl (C=O) groups excluding carboxylic acids is 1. The molecule has 0 unspecified atom stereocenters. The van der Waals surface area contributed by atoms with Gasteiger partial charge < -0.3 is 10.3 Å². The summed E-state index contributed by atoms with van der Waals surface area (Å²) < 4.78 is 2.57. The van der Waals surface area contributed by atoms with Crippen LogP contribution >= 0.6 is 35.2 Å². The van der Waals surface area contributed by atoms with Gasteiger partial charge in [0.2, 0.25) is 5.91 Å². The van der Waals surface area contributed by atoms with E-state index in [1.54, 1.807) is 0 Å². The minimum Gasteiger partial charge on any atom is -0.356 e. The van der Waals surface area contributed by atoms with Crippen molar-refractivity contribution in [1.29, 1.82) is 0 Å². The number of hydrogen-bond donors (Lipinski definition) is 2. The summed E-state index contributed by atoms with van der Waals surface area (Å²) in [5.74, 6) is -0.0286. The number of rotatable bonds is 7. The summed E-state index contributed by atoms with van der Waals surface area (Å²) in [6.45, 7) is 0.994. The Morgan fingerprint density at radius 2 is 2.04 bits per heavy atom. The second kappa shape index (κ2) is 8.62.